The molecular formula is C42H23N3O. The molecule has 7 aromatic carbocycles. The molecule has 0 saturated heterocycles. The van der Waals surface area contributed by atoms with Crippen LogP contribution in [0.4, 0.5) is 0 Å². The van der Waals surface area contributed by atoms with Gasteiger partial charge in [0, 0.05) is 27.1 Å². The van der Waals surface area contributed by atoms with E-state index >= 15 is 0 Å². The Balaban J connectivity index is 1.33. The Morgan fingerprint density at radius 1 is 0.435 bits per heavy atom. The molecule has 3 heterocycles. The summed E-state index contributed by atoms with van der Waals surface area (Å²) < 4.78 is 8.88. The molecule has 4 heteroatoms. The Bertz CT molecular complexity index is 2830. The second kappa shape index (κ2) is 8.68. The fraction of sp³-hybridized carbons (Fsp3) is 0. The first-order valence-electron chi connectivity index (χ1n) is 15.6. The molecule has 3 aromatic heterocycles. The zero-order valence-electron chi connectivity index (χ0n) is 24.5. The first-order chi connectivity index (χ1) is 22.8. The van der Waals surface area contributed by atoms with Gasteiger partial charge in [-0.2, -0.15) is 0 Å². The smallest absolute Gasteiger partial charge is 0.165 e. The molecule has 4 nitrogen and oxygen atoms in total. The van der Waals surface area contributed by atoms with Gasteiger partial charge in [0.1, 0.15) is 16.9 Å². The number of rotatable bonds is 2. The van der Waals surface area contributed by atoms with Crippen molar-refractivity contribution in [1.29, 1.82) is 0 Å². The maximum Gasteiger partial charge on any atom is 0.165 e. The van der Waals surface area contributed by atoms with Crippen LogP contribution in [0, 0.1) is 0 Å². The molecule has 0 saturated carbocycles. The third kappa shape index (κ3) is 3.03. The van der Waals surface area contributed by atoms with E-state index in [-0.39, 0.29) is 0 Å². The highest BCUT2D eigenvalue weighted by Crippen LogP contribution is 2.50. The van der Waals surface area contributed by atoms with Gasteiger partial charge in [0.25, 0.3) is 0 Å². The van der Waals surface area contributed by atoms with Crippen molar-refractivity contribution in [3.8, 4) is 39.3 Å². The van der Waals surface area contributed by atoms with Gasteiger partial charge < -0.3 is 4.42 Å². The van der Waals surface area contributed by atoms with E-state index in [0.717, 1.165) is 61.1 Å². The van der Waals surface area contributed by atoms with Crippen molar-refractivity contribution in [2.75, 3.05) is 0 Å². The lowest BCUT2D eigenvalue weighted by Gasteiger charge is -2.15. The molecule has 0 spiro atoms. The Kier molecular flexibility index (Phi) is 4.55. The summed E-state index contributed by atoms with van der Waals surface area (Å²) in [5, 5.41) is 7.19. The summed E-state index contributed by atoms with van der Waals surface area (Å²) in [4.78, 5) is 10.7. The zero-order chi connectivity index (χ0) is 29.9. The monoisotopic (exact) mass is 585 g/mol. The van der Waals surface area contributed by atoms with Crippen LogP contribution >= 0.6 is 0 Å². The first-order valence-corrected chi connectivity index (χ1v) is 15.6. The normalized spacial score (nSPS) is 12.3. The lowest BCUT2D eigenvalue weighted by molar-refractivity contribution is 0.669. The Labute approximate surface area is 262 Å². The topological polar surface area (TPSA) is 43.9 Å². The molecule has 0 amide bonds. The van der Waals surface area contributed by atoms with Crippen LogP contribution in [-0.4, -0.2) is 14.5 Å². The van der Waals surface area contributed by atoms with Crippen molar-refractivity contribution < 1.29 is 4.42 Å². The van der Waals surface area contributed by atoms with E-state index < -0.39 is 0 Å². The van der Waals surface area contributed by atoms with Crippen molar-refractivity contribution in [1.82, 2.24) is 14.5 Å². The number of aromatic nitrogens is 3. The summed E-state index contributed by atoms with van der Waals surface area (Å²) in [6, 6.07) is 49.3. The second-order valence-corrected chi connectivity index (χ2v) is 12.1. The average molecular weight is 586 g/mol. The van der Waals surface area contributed by atoms with Crippen molar-refractivity contribution in [3.05, 3.63) is 140 Å². The molecule has 46 heavy (non-hydrogen) atoms. The van der Waals surface area contributed by atoms with Gasteiger partial charge in [-0.1, -0.05) is 103 Å². The van der Waals surface area contributed by atoms with Crippen LogP contribution in [0.25, 0.3) is 105 Å². The molecule has 1 aliphatic rings. The van der Waals surface area contributed by atoms with E-state index in [2.05, 4.69) is 108 Å². The van der Waals surface area contributed by atoms with Crippen molar-refractivity contribution in [2.45, 2.75) is 0 Å². The number of para-hydroxylation sites is 4. The number of hydrogen-bond donors (Lipinski definition) is 0. The highest BCUT2D eigenvalue weighted by molar-refractivity contribution is 6.27. The fourth-order valence-corrected chi connectivity index (χ4v) is 7.84. The first kappa shape index (κ1) is 24.1. The van der Waals surface area contributed by atoms with Crippen LogP contribution < -0.4 is 0 Å². The molecule has 0 radical (unpaired) electrons. The third-order valence-corrected chi connectivity index (χ3v) is 9.73. The largest absolute Gasteiger partial charge is 0.455 e. The number of benzene rings is 7. The maximum atomic E-state index is 6.56. The zero-order valence-corrected chi connectivity index (χ0v) is 24.5. The number of fused-ring (bicyclic) bond motifs is 6. The van der Waals surface area contributed by atoms with Crippen molar-refractivity contribution in [2.24, 2.45) is 0 Å². The lowest BCUT2D eigenvalue weighted by Crippen LogP contribution is -2.04. The predicted octanol–water partition coefficient (Wildman–Crippen LogP) is 11.1. The SMILES string of the molecule is c1cc2c3c(cccc3c1)-c1cccc3c1c1c-2cccc1n3-c1nc2ccccc2nc1-c1cccc2c1oc1ccccc12. The molecule has 212 valence electrons. The molecular weight excluding hydrogens is 562 g/mol. The number of nitrogens with zero attached hydrogens (tertiary/aromatic N) is 3. The van der Waals surface area contributed by atoms with Crippen molar-refractivity contribution >= 4 is 65.6 Å². The highest BCUT2D eigenvalue weighted by Gasteiger charge is 2.27. The summed E-state index contributed by atoms with van der Waals surface area (Å²) in [6.45, 7) is 0. The molecule has 0 N–H and O–H groups in total. The van der Waals surface area contributed by atoms with E-state index in [1.807, 2.05) is 36.4 Å². The quantitative estimate of drug-likeness (QED) is 0.203. The van der Waals surface area contributed by atoms with E-state index in [1.165, 1.54) is 43.8 Å². The van der Waals surface area contributed by atoms with E-state index in [4.69, 9.17) is 14.4 Å². The highest BCUT2D eigenvalue weighted by atomic mass is 16.3. The fourth-order valence-electron chi connectivity index (χ4n) is 7.84. The summed E-state index contributed by atoms with van der Waals surface area (Å²) in [6.07, 6.45) is 0. The minimum Gasteiger partial charge on any atom is -0.455 e. The minimum absolute atomic E-state index is 0.785. The predicted molar refractivity (Wildman–Crippen MR) is 189 cm³/mol. The Hall–Kier alpha value is -6.26. The van der Waals surface area contributed by atoms with E-state index in [9.17, 15) is 0 Å². The molecule has 0 unspecified atom stereocenters. The van der Waals surface area contributed by atoms with Gasteiger partial charge >= 0.3 is 0 Å². The molecule has 0 aliphatic heterocycles. The van der Waals surface area contributed by atoms with Crippen LogP contribution in [0.5, 0.6) is 0 Å². The van der Waals surface area contributed by atoms with Gasteiger partial charge in [-0.25, -0.2) is 9.97 Å². The summed E-state index contributed by atoms with van der Waals surface area (Å²) >= 11 is 0. The Morgan fingerprint density at radius 2 is 0.978 bits per heavy atom. The van der Waals surface area contributed by atoms with Crippen LogP contribution in [0.3, 0.4) is 0 Å². The van der Waals surface area contributed by atoms with Gasteiger partial charge in [-0.15, -0.1) is 0 Å². The van der Waals surface area contributed by atoms with Crippen LogP contribution in [0.2, 0.25) is 0 Å². The molecule has 0 atom stereocenters. The van der Waals surface area contributed by atoms with Crippen molar-refractivity contribution in [3.63, 3.8) is 0 Å². The van der Waals surface area contributed by atoms with Gasteiger partial charge in [-0.3, -0.25) is 4.57 Å². The van der Waals surface area contributed by atoms with E-state index in [0.29, 0.717) is 0 Å². The van der Waals surface area contributed by atoms with Gasteiger partial charge in [-0.05, 0) is 69.4 Å². The second-order valence-electron chi connectivity index (χ2n) is 12.1. The minimum atomic E-state index is 0.785. The van der Waals surface area contributed by atoms with Gasteiger partial charge in [0.2, 0.25) is 0 Å². The van der Waals surface area contributed by atoms with E-state index in [1.54, 1.807) is 0 Å². The maximum absolute atomic E-state index is 6.56. The average Bonchev–Trinajstić information content (AvgIpc) is 3.63. The van der Waals surface area contributed by atoms with Crippen LogP contribution in [0.1, 0.15) is 0 Å². The molecule has 0 fully saturated rings. The third-order valence-electron chi connectivity index (χ3n) is 9.73. The summed E-state index contributed by atoms with van der Waals surface area (Å²) in [5.41, 5.74) is 12.3. The van der Waals surface area contributed by atoms with Crippen LogP contribution in [0.15, 0.2) is 144 Å². The van der Waals surface area contributed by atoms with Gasteiger partial charge in [0.15, 0.2) is 5.82 Å². The number of hydrogen-bond acceptors (Lipinski definition) is 3. The summed E-state index contributed by atoms with van der Waals surface area (Å²) in [5.74, 6) is 0.785. The number of furan rings is 1. The molecule has 11 rings (SSSR count). The molecule has 0 bridgehead atoms. The van der Waals surface area contributed by atoms with Crippen LogP contribution in [-0.2, 0) is 0 Å². The summed E-state index contributed by atoms with van der Waals surface area (Å²) in [7, 11) is 0. The van der Waals surface area contributed by atoms with Gasteiger partial charge in [0.05, 0.1) is 22.1 Å². The standard InChI is InChI=1S/C42H23N3O/c1-4-23-36-25(12-1)30-17-7-18-31(41(30)46-36)40-42(44-33-20-3-2-19-32(33)43-40)45-34-21-8-15-28-26-13-5-10-24-11-6-14-27(37(24)26)29-16-9-22-35(45)39(29)38(28)34/h1-23H. The Morgan fingerprint density at radius 3 is 1.70 bits per heavy atom. The lowest BCUT2D eigenvalue weighted by atomic mass is 9.93. The molecule has 10 aromatic rings. The molecule has 1 aliphatic carbocycles.